The van der Waals surface area contributed by atoms with Gasteiger partial charge in [-0.3, -0.25) is 24.4 Å². The van der Waals surface area contributed by atoms with E-state index in [1.807, 2.05) is 26.0 Å². The maximum atomic E-state index is 14.0. The number of hydrogen-bond donors (Lipinski definition) is 1. The highest BCUT2D eigenvalue weighted by Gasteiger charge is 2.49. The molecule has 1 aromatic carbocycles. The summed E-state index contributed by atoms with van der Waals surface area (Å²) in [5.41, 5.74) is 2.18. The lowest BCUT2D eigenvalue weighted by Gasteiger charge is -2.29. The predicted molar refractivity (Wildman–Crippen MR) is 134 cm³/mol. The van der Waals surface area contributed by atoms with Crippen molar-refractivity contribution in [3.63, 3.8) is 0 Å². The Balaban J connectivity index is 1.71. The van der Waals surface area contributed by atoms with Crippen LogP contribution in [0.5, 0.6) is 0 Å². The minimum Gasteiger partial charge on any atom is -0.294 e. The summed E-state index contributed by atoms with van der Waals surface area (Å²) in [6, 6.07) is 9.21. The van der Waals surface area contributed by atoms with Crippen molar-refractivity contribution in [1.29, 1.82) is 0 Å². The van der Waals surface area contributed by atoms with E-state index in [2.05, 4.69) is 5.10 Å². The Bertz CT molecular complexity index is 1390. The molecule has 1 fully saturated rings. The van der Waals surface area contributed by atoms with Crippen molar-refractivity contribution in [2.75, 3.05) is 0 Å². The van der Waals surface area contributed by atoms with E-state index in [9.17, 15) is 18.8 Å². The van der Waals surface area contributed by atoms with Crippen molar-refractivity contribution >= 4 is 23.1 Å². The molecule has 0 radical (unpaired) electrons. The Kier molecular flexibility index (Phi) is 6.43. The Morgan fingerprint density at radius 2 is 1.58 bits per heavy atom. The number of carbonyl (C=O) groups is 2. The lowest BCUT2D eigenvalue weighted by Crippen LogP contribution is -2.45. The second kappa shape index (κ2) is 9.68. The maximum absolute atomic E-state index is 14.0. The van der Waals surface area contributed by atoms with E-state index in [1.165, 1.54) is 33.8 Å². The Morgan fingerprint density at radius 1 is 0.917 bits per heavy atom. The molecule has 1 N–H and O–H groups in total. The zero-order valence-corrected chi connectivity index (χ0v) is 20.6. The van der Waals surface area contributed by atoms with Gasteiger partial charge in [-0.1, -0.05) is 33.1 Å². The molecule has 2 amide bonds. The van der Waals surface area contributed by atoms with Crippen LogP contribution in [0.25, 0.3) is 17.0 Å². The third-order valence-electron chi connectivity index (χ3n) is 7.25. The van der Waals surface area contributed by atoms with Crippen LogP contribution in [-0.2, 0) is 22.4 Å². The van der Waals surface area contributed by atoms with Gasteiger partial charge in [0.2, 0.25) is 0 Å². The normalized spacial score (nSPS) is 16.9. The molecule has 36 heavy (non-hydrogen) atoms. The average molecular weight is 490 g/mol. The molecule has 8 heteroatoms. The zero-order chi connectivity index (χ0) is 25.4. The molecule has 0 atom stereocenters. The molecule has 1 aliphatic heterocycles. The fourth-order valence-corrected chi connectivity index (χ4v) is 5.28. The Morgan fingerprint density at radius 3 is 2.19 bits per heavy atom. The number of benzene rings is 1. The highest BCUT2D eigenvalue weighted by Crippen LogP contribution is 2.35. The summed E-state index contributed by atoms with van der Waals surface area (Å²) in [4.78, 5) is 42.9. The van der Waals surface area contributed by atoms with E-state index in [4.69, 9.17) is 0 Å². The van der Waals surface area contributed by atoms with Crippen molar-refractivity contribution in [2.24, 2.45) is 0 Å². The number of hydrogen-bond acceptors (Lipinski definition) is 3. The van der Waals surface area contributed by atoms with Crippen LogP contribution in [0.15, 0.2) is 53.6 Å². The quantitative estimate of drug-likeness (QED) is 0.423. The number of halogens is 1. The van der Waals surface area contributed by atoms with Crippen LogP contribution in [0.1, 0.15) is 62.8 Å². The van der Waals surface area contributed by atoms with E-state index in [0.717, 1.165) is 44.1 Å². The molecule has 2 aliphatic rings. The first kappa shape index (κ1) is 23.9. The van der Waals surface area contributed by atoms with Gasteiger partial charge in [0.1, 0.15) is 11.4 Å². The van der Waals surface area contributed by atoms with Crippen molar-refractivity contribution in [2.45, 2.75) is 64.8 Å². The monoisotopic (exact) mass is 489 g/mol. The highest BCUT2D eigenvalue weighted by atomic mass is 19.1. The molecular weight excluding hydrogens is 459 g/mol. The van der Waals surface area contributed by atoms with Gasteiger partial charge in [-0.05, 0) is 55.5 Å². The topological polar surface area (TPSA) is 79.1 Å². The molecule has 7 nitrogen and oxygen atoms in total. The number of nitrogens with zero attached hydrogens (tertiary/aromatic N) is 3. The summed E-state index contributed by atoms with van der Waals surface area (Å²) < 4.78 is 16.5. The van der Waals surface area contributed by atoms with E-state index in [-0.39, 0.29) is 28.8 Å². The molecule has 1 saturated carbocycles. The molecule has 3 heterocycles. The van der Waals surface area contributed by atoms with Crippen LogP contribution in [0.3, 0.4) is 0 Å². The van der Waals surface area contributed by atoms with Crippen molar-refractivity contribution in [3.8, 4) is 5.69 Å². The number of carbonyl (C=O) groups excluding carboxylic acids is 2. The Hall–Kier alpha value is -3.81. The average Bonchev–Trinajstić information content (AvgIpc) is 3.36. The number of pyridine rings is 1. The van der Waals surface area contributed by atoms with Crippen molar-refractivity contribution in [3.05, 3.63) is 81.8 Å². The number of aryl methyl sites for hydroxylation is 2. The molecule has 1 aliphatic carbocycles. The van der Waals surface area contributed by atoms with Crippen LogP contribution in [0.4, 0.5) is 4.39 Å². The van der Waals surface area contributed by atoms with Gasteiger partial charge in [0.25, 0.3) is 17.2 Å². The standard InChI is InChI=1S/C28H29FN4O3/c1-3-18-14-16-31(17-15-18)25-24(26(34)32(28(25)36)20-8-6-5-7-9-20)23-22(4-2)30-33(27(23)35)21-12-10-19(29)11-13-21/h10-17,20H,3-9H2,1-2H3/p+1. The molecule has 186 valence electrons. The molecule has 0 unspecified atom stereocenters. The summed E-state index contributed by atoms with van der Waals surface area (Å²) >= 11 is 0. The summed E-state index contributed by atoms with van der Waals surface area (Å²) in [6.07, 6.45) is 9.40. The molecule has 3 aromatic rings. The number of aromatic amines is 1. The third-order valence-corrected chi connectivity index (χ3v) is 7.25. The number of rotatable bonds is 6. The van der Waals surface area contributed by atoms with Crippen LogP contribution in [0.2, 0.25) is 0 Å². The van der Waals surface area contributed by atoms with Gasteiger partial charge in [-0.2, -0.15) is 4.57 Å². The molecule has 0 spiro atoms. The number of aromatic nitrogens is 3. The minimum atomic E-state index is -0.441. The maximum Gasteiger partial charge on any atom is 0.327 e. The molecular formula is C28H30FN4O3+. The van der Waals surface area contributed by atoms with E-state index in [0.29, 0.717) is 17.8 Å². The fourth-order valence-electron chi connectivity index (χ4n) is 5.28. The number of nitrogens with one attached hydrogen (secondary N) is 1. The second-order valence-corrected chi connectivity index (χ2v) is 9.40. The summed E-state index contributed by atoms with van der Waals surface area (Å²) in [6.45, 7) is 3.93. The van der Waals surface area contributed by atoms with Crippen LogP contribution < -0.4 is 10.1 Å². The predicted octanol–water partition coefficient (Wildman–Crippen LogP) is 3.79. The van der Waals surface area contributed by atoms with E-state index >= 15 is 0 Å². The van der Waals surface area contributed by atoms with E-state index < -0.39 is 17.3 Å². The molecule has 2 aromatic heterocycles. The van der Waals surface area contributed by atoms with Crippen molar-refractivity contribution in [1.82, 2.24) is 14.7 Å². The van der Waals surface area contributed by atoms with E-state index in [1.54, 1.807) is 17.0 Å². The lowest BCUT2D eigenvalue weighted by atomic mass is 9.94. The summed E-state index contributed by atoms with van der Waals surface area (Å²) in [5, 5.41) is 3.09. The lowest BCUT2D eigenvalue weighted by molar-refractivity contribution is -0.577. The van der Waals surface area contributed by atoms with Gasteiger partial charge in [0.05, 0.1) is 11.3 Å². The van der Waals surface area contributed by atoms with Gasteiger partial charge >= 0.3 is 5.91 Å². The SMILES string of the molecule is CCc1cc[n+](C2=C(c3c(CC)[nH]n(-c4ccc(F)cc4)c3=O)C(=O)N(C3CCCCC3)C2=O)cc1. The van der Waals surface area contributed by atoms with Gasteiger partial charge in [0.15, 0.2) is 12.4 Å². The van der Waals surface area contributed by atoms with Crippen LogP contribution >= 0.6 is 0 Å². The van der Waals surface area contributed by atoms with Crippen molar-refractivity contribution < 1.29 is 18.5 Å². The number of amides is 2. The van der Waals surface area contributed by atoms with Gasteiger partial charge in [-0.25, -0.2) is 9.07 Å². The second-order valence-electron chi connectivity index (χ2n) is 9.40. The zero-order valence-electron chi connectivity index (χ0n) is 20.6. The minimum absolute atomic E-state index is 0.124. The summed E-state index contributed by atoms with van der Waals surface area (Å²) in [7, 11) is 0. The first-order chi connectivity index (χ1) is 17.4. The number of H-pyrrole nitrogens is 1. The molecule has 0 saturated heterocycles. The largest absolute Gasteiger partial charge is 0.327 e. The van der Waals surface area contributed by atoms with Gasteiger partial charge in [-0.15, -0.1) is 0 Å². The van der Waals surface area contributed by atoms with Gasteiger partial charge in [0, 0.05) is 23.9 Å². The molecule has 5 rings (SSSR count). The van der Waals surface area contributed by atoms with Crippen LogP contribution in [0, 0.1) is 5.82 Å². The smallest absolute Gasteiger partial charge is 0.294 e. The first-order valence-electron chi connectivity index (χ1n) is 12.7. The fraction of sp³-hybridized carbons (Fsp3) is 0.357. The first-order valence-corrected chi connectivity index (χ1v) is 12.7. The molecule has 0 bridgehead atoms. The Labute approximate surface area is 208 Å². The highest BCUT2D eigenvalue weighted by molar-refractivity contribution is 6.44. The van der Waals surface area contributed by atoms with Gasteiger partial charge < -0.3 is 0 Å². The van der Waals surface area contributed by atoms with Crippen LogP contribution in [-0.4, -0.2) is 32.5 Å². The number of imide groups is 1. The third kappa shape index (κ3) is 4.00. The summed E-state index contributed by atoms with van der Waals surface area (Å²) in [5.74, 6) is -1.20.